The van der Waals surface area contributed by atoms with Crippen LogP contribution in [0.5, 0.6) is 0 Å². The maximum atomic E-state index is 9.00. The van der Waals surface area contributed by atoms with Gasteiger partial charge in [-0.05, 0) is 49.7 Å². The Morgan fingerprint density at radius 1 is 1.00 bits per heavy atom. The first-order valence-corrected chi connectivity index (χ1v) is 8.07. The third-order valence-corrected chi connectivity index (χ3v) is 3.80. The average Bonchev–Trinajstić information content (AvgIpc) is 2.58. The highest BCUT2D eigenvalue weighted by Crippen LogP contribution is 2.24. The van der Waals surface area contributed by atoms with Crippen molar-refractivity contribution in [2.45, 2.75) is 13.8 Å². The smallest absolute Gasteiger partial charge is 0.229 e. The number of nitrogens with one attached hydrogen (secondary N) is 2. The molecule has 0 aliphatic carbocycles. The largest absolute Gasteiger partial charge is 0.340 e. The SMILES string of the molecule is Cc1cc(Nc2cccc(C#N)c2)nc(Nc2cc(Cl)ccc2C)n1. The second-order valence-corrected chi connectivity index (χ2v) is 6.06. The number of nitriles is 1. The molecule has 2 N–H and O–H groups in total. The predicted octanol–water partition coefficient (Wildman–Crippen LogP) is 5.11. The predicted molar refractivity (Wildman–Crippen MR) is 101 cm³/mol. The van der Waals surface area contributed by atoms with Gasteiger partial charge in [0.25, 0.3) is 0 Å². The van der Waals surface area contributed by atoms with E-state index < -0.39 is 0 Å². The van der Waals surface area contributed by atoms with Crippen LogP contribution < -0.4 is 10.6 Å². The summed E-state index contributed by atoms with van der Waals surface area (Å²) in [6.45, 7) is 3.88. The van der Waals surface area contributed by atoms with Crippen molar-refractivity contribution in [1.29, 1.82) is 5.26 Å². The quantitative estimate of drug-likeness (QED) is 0.685. The van der Waals surface area contributed by atoms with E-state index in [4.69, 9.17) is 16.9 Å². The third-order valence-electron chi connectivity index (χ3n) is 3.56. The highest BCUT2D eigenvalue weighted by atomic mass is 35.5. The molecule has 2 aromatic carbocycles. The van der Waals surface area contributed by atoms with Gasteiger partial charge in [-0.15, -0.1) is 0 Å². The normalized spacial score (nSPS) is 10.2. The molecule has 5 nitrogen and oxygen atoms in total. The van der Waals surface area contributed by atoms with Crippen LogP contribution in [-0.2, 0) is 0 Å². The van der Waals surface area contributed by atoms with Gasteiger partial charge in [0.15, 0.2) is 0 Å². The summed E-state index contributed by atoms with van der Waals surface area (Å²) < 4.78 is 0. The molecule has 124 valence electrons. The van der Waals surface area contributed by atoms with Gasteiger partial charge in [-0.2, -0.15) is 10.2 Å². The lowest BCUT2D eigenvalue weighted by molar-refractivity contribution is 1.10. The topological polar surface area (TPSA) is 73.6 Å². The van der Waals surface area contributed by atoms with E-state index in [0.29, 0.717) is 22.4 Å². The number of benzene rings is 2. The average molecular weight is 350 g/mol. The fraction of sp³-hybridized carbons (Fsp3) is 0.105. The Morgan fingerprint density at radius 3 is 2.64 bits per heavy atom. The Labute approximate surface area is 151 Å². The van der Waals surface area contributed by atoms with E-state index in [9.17, 15) is 0 Å². The van der Waals surface area contributed by atoms with E-state index >= 15 is 0 Å². The van der Waals surface area contributed by atoms with Crippen LogP contribution in [0.4, 0.5) is 23.1 Å². The fourth-order valence-corrected chi connectivity index (χ4v) is 2.52. The number of aryl methyl sites for hydroxylation is 2. The molecule has 25 heavy (non-hydrogen) atoms. The summed E-state index contributed by atoms with van der Waals surface area (Å²) in [5, 5.41) is 16.1. The summed E-state index contributed by atoms with van der Waals surface area (Å²) in [5.74, 6) is 1.12. The first-order chi connectivity index (χ1) is 12.0. The molecule has 0 unspecified atom stereocenters. The Balaban J connectivity index is 1.87. The van der Waals surface area contributed by atoms with Gasteiger partial charge in [0.2, 0.25) is 5.95 Å². The molecule has 3 rings (SSSR count). The van der Waals surface area contributed by atoms with Gasteiger partial charge in [0.05, 0.1) is 11.6 Å². The monoisotopic (exact) mass is 349 g/mol. The molecule has 0 bridgehead atoms. The van der Waals surface area contributed by atoms with Crippen molar-refractivity contribution in [2.75, 3.05) is 10.6 Å². The standard InChI is InChI=1S/C19H16ClN5/c1-12-6-7-15(20)10-17(12)24-19-22-13(2)8-18(25-19)23-16-5-3-4-14(9-16)11-21/h3-10H,1-2H3,(H2,22,23,24,25). The molecule has 3 aromatic rings. The number of hydrogen-bond donors (Lipinski definition) is 2. The molecule has 0 spiro atoms. The van der Waals surface area contributed by atoms with E-state index in [1.54, 1.807) is 12.1 Å². The Kier molecular flexibility index (Phi) is 4.82. The van der Waals surface area contributed by atoms with Crippen molar-refractivity contribution in [3.05, 3.63) is 70.4 Å². The van der Waals surface area contributed by atoms with Gasteiger partial charge in [-0.3, -0.25) is 0 Å². The molecule has 0 aliphatic heterocycles. The molecule has 1 heterocycles. The van der Waals surface area contributed by atoms with Crippen molar-refractivity contribution in [2.24, 2.45) is 0 Å². The second kappa shape index (κ2) is 7.20. The van der Waals surface area contributed by atoms with E-state index in [2.05, 4.69) is 26.7 Å². The lowest BCUT2D eigenvalue weighted by Gasteiger charge is -2.12. The van der Waals surface area contributed by atoms with Crippen molar-refractivity contribution in [3.63, 3.8) is 0 Å². The molecule has 0 atom stereocenters. The van der Waals surface area contributed by atoms with Crippen LogP contribution in [0, 0.1) is 25.2 Å². The van der Waals surface area contributed by atoms with Crippen LogP contribution in [0.25, 0.3) is 0 Å². The molecule has 0 aliphatic rings. The Bertz CT molecular complexity index is 962. The minimum absolute atomic E-state index is 0.476. The van der Waals surface area contributed by atoms with Gasteiger partial charge in [-0.25, -0.2) is 4.98 Å². The highest BCUT2D eigenvalue weighted by molar-refractivity contribution is 6.30. The van der Waals surface area contributed by atoms with Crippen LogP contribution in [0.1, 0.15) is 16.8 Å². The zero-order valence-corrected chi connectivity index (χ0v) is 14.6. The summed E-state index contributed by atoms with van der Waals surface area (Å²) in [5.41, 5.74) is 4.10. The highest BCUT2D eigenvalue weighted by Gasteiger charge is 2.06. The fourth-order valence-electron chi connectivity index (χ4n) is 2.35. The Morgan fingerprint density at radius 2 is 1.84 bits per heavy atom. The second-order valence-electron chi connectivity index (χ2n) is 5.62. The minimum atomic E-state index is 0.476. The number of nitrogens with zero attached hydrogens (tertiary/aromatic N) is 3. The van der Waals surface area contributed by atoms with E-state index in [0.717, 1.165) is 22.6 Å². The van der Waals surface area contributed by atoms with Gasteiger partial charge in [0, 0.05) is 28.2 Å². The maximum Gasteiger partial charge on any atom is 0.229 e. The molecular formula is C19H16ClN5. The van der Waals surface area contributed by atoms with Crippen molar-refractivity contribution < 1.29 is 0 Å². The first kappa shape index (κ1) is 16.7. The molecule has 0 fully saturated rings. The molecule has 1 aromatic heterocycles. The third kappa shape index (κ3) is 4.25. The lowest BCUT2D eigenvalue weighted by atomic mass is 10.2. The molecule has 0 saturated heterocycles. The minimum Gasteiger partial charge on any atom is -0.340 e. The molecule has 0 radical (unpaired) electrons. The first-order valence-electron chi connectivity index (χ1n) is 7.69. The molecular weight excluding hydrogens is 334 g/mol. The number of anilines is 4. The summed E-state index contributed by atoms with van der Waals surface area (Å²) in [6, 6.07) is 16.8. The van der Waals surface area contributed by atoms with Crippen molar-refractivity contribution in [1.82, 2.24) is 9.97 Å². The summed E-state index contributed by atoms with van der Waals surface area (Å²) in [7, 11) is 0. The zero-order valence-electron chi connectivity index (χ0n) is 13.8. The maximum absolute atomic E-state index is 9.00. The van der Waals surface area contributed by atoms with Gasteiger partial charge < -0.3 is 10.6 Å². The lowest BCUT2D eigenvalue weighted by Crippen LogP contribution is -2.03. The molecule has 6 heteroatoms. The summed E-state index contributed by atoms with van der Waals surface area (Å²) >= 11 is 6.06. The Hall–Kier alpha value is -3.10. The van der Waals surface area contributed by atoms with E-state index in [1.165, 1.54) is 0 Å². The number of rotatable bonds is 4. The van der Waals surface area contributed by atoms with Crippen molar-refractivity contribution in [3.8, 4) is 6.07 Å². The number of halogens is 1. The van der Waals surface area contributed by atoms with Gasteiger partial charge in [-0.1, -0.05) is 23.7 Å². The van der Waals surface area contributed by atoms with Crippen molar-refractivity contribution >= 4 is 34.7 Å². The van der Waals surface area contributed by atoms with Crippen LogP contribution in [-0.4, -0.2) is 9.97 Å². The zero-order chi connectivity index (χ0) is 17.8. The van der Waals surface area contributed by atoms with E-state index in [1.807, 2.05) is 50.2 Å². The van der Waals surface area contributed by atoms with Crippen LogP contribution in [0.2, 0.25) is 5.02 Å². The van der Waals surface area contributed by atoms with Crippen LogP contribution >= 0.6 is 11.6 Å². The van der Waals surface area contributed by atoms with Gasteiger partial charge >= 0.3 is 0 Å². The number of hydrogen-bond acceptors (Lipinski definition) is 5. The molecule has 0 amide bonds. The van der Waals surface area contributed by atoms with Crippen LogP contribution in [0.3, 0.4) is 0 Å². The van der Waals surface area contributed by atoms with Gasteiger partial charge in [0.1, 0.15) is 5.82 Å². The van der Waals surface area contributed by atoms with Crippen LogP contribution in [0.15, 0.2) is 48.5 Å². The summed E-state index contributed by atoms with van der Waals surface area (Å²) in [6.07, 6.45) is 0. The van der Waals surface area contributed by atoms with E-state index in [-0.39, 0.29) is 0 Å². The summed E-state index contributed by atoms with van der Waals surface area (Å²) in [4.78, 5) is 8.91. The number of aromatic nitrogens is 2. The molecule has 0 saturated carbocycles.